The molecule has 0 spiro atoms. The molecule has 0 heterocycles. The lowest BCUT2D eigenvalue weighted by atomic mass is 10.0. The van der Waals surface area contributed by atoms with E-state index in [1.807, 2.05) is 0 Å². The number of rotatable bonds is 2. The molecule has 0 amide bonds. The number of alkyl halides is 1. The zero-order valence-corrected chi connectivity index (χ0v) is 12.4. The molecule has 0 nitrogen and oxygen atoms in total. The molecule has 0 bridgehead atoms. The van der Waals surface area contributed by atoms with E-state index >= 15 is 0 Å². The fourth-order valence-electron chi connectivity index (χ4n) is 1.52. The minimum atomic E-state index is -0.262. The summed E-state index contributed by atoms with van der Waals surface area (Å²) in [6, 6.07) is 10.9. The first-order valence-electron chi connectivity index (χ1n) is 4.92. The first-order chi connectivity index (χ1) is 8.08. The quantitative estimate of drug-likeness (QED) is 0.481. The van der Waals surface area contributed by atoms with Crippen LogP contribution in [0, 0.1) is 15.2 Å². The van der Waals surface area contributed by atoms with Crippen LogP contribution in [0.15, 0.2) is 42.5 Å². The van der Waals surface area contributed by atoms with Gasteiger partial charge in [0.25, 0.3) is 0 Å². The molecular formula is C13H8BrF2I. The molecule has 0 radical (unpaired) electrons. The van der Waals surface area contributed by atoms with Gasteiger partial charge < -0.3 is 0 Å². The summed E-state index contributed by atoms with van der Waals surface area (Å²) in [7, 11) is 0. The Bertz CT molecular complexity index is 525. The standard InChI is InChI=1S/C13H8BrF2I/c14-13(8-1-3-9(15)4-2-8)11-6-5-10(16)7-12(11)17/h1-7,13H. The Balaban J connectivity index is 2.36. The van der Waals surface area contributed by atoms with Crippen molar-refractivity contribution in [3.05, 3.63) is 68.8 Å². The molecule has 2 aromatic rings. The molecular weight excluding hydrogens is 401 g/mol. The molecule has 0 N–H and O–H groups in total. The first-order valence-corrected chi connectivity index (χ1v) is 6.92. The van der Waals surface area contributed by atoms with Gasteiger partial charge in [0.1, 0.15) is 11.6 Å². The maximum absolute atomic E-state index is 13.0. The van der Waals surface area contributed by atoms with Crippen LogP contribution < -0.4 is 0 Å². The third-order valence-electron chi connectivity index (χ3n) is 2.40. The first kappa shape index (κ1) is 13.0. The van der Waals surface area contributed by atoms with Gasteiger partial charge in [-0.1, -0.05) is 34.1 Å². The lowest BCUT2D eigenvalue weighted by Gasteiger charge is -2.12. The average Bonchev–Trinajstić information content (AvgIpc) is 2.29. The Morgan fingerprint density at radius 2 is 1.53 bits per heavy atom. The van der Waals surface area contributed by atoms with Crippen LogP contribution in [0.3, 0.4) is 0 Å². The Labute approximate surface area is 120 Å². The van der Waals surface area contributed by atoms with Crippen LogP contribution in [0.4, 0.5) is 8.78 Å². The van der Waals surface area contributed by atoms with Crippen LogP contribution >= 0.6 is 38.5 Å². The van der Waals surface area contributed by atoms with E-state index in [2.05, 4.69) is 38.5 Å². The van der Waals surface area contributed by atoms with Crippen molar-refractivity contribution in [1.82, 2.24) is 0 Å². The summed E-state index contributed by atoms with van der Waals surface area (Å²) in [5.41, 5.74) is 1.91. The number of hydrogen-bond donors (Lipinski definition) is 0. The van der Waals surface area contributed by atoms with Gasteiger partial charge in [-0.15, -0.1) is 0 Å². The van der Waals surface area contributed by atoms with Gasteiger partial charge in [-0.2, -0.15) is 0 Å². The van der Waals surface area contributed by atoms with Crippen molar-refractivity contribution < 1.29 is 8.78 Å². The third-order valence-corrected chi connectivity index (χ3v) is 4.35. The Kier molecular flexibility index (Phi) is 4.14. The summed E-state index contributed by atoms with van der Waals surface area (Å²) in [4.78, 5) is -0.0596. The van der Waals surface area contributed by atoms with Crippen LogP contribution in [0.5, 0.6) is 0 Å². The fraction of sp³-hybridized carbons (Fsp3) is 0.0769. The van der Waals surface area contributed by atoms with E-state index in [1.165, 1.54) is 24.3 Å². The minimum absolute atomic E-state index is 0.0596. The third kappa shape index (κ3) is 3.04. The van der Waals surface area contributed by atoms with Gasteiger partial charge in [0.15, 0.2) is 0 Å². The SMILES string of the molecule is Fc1ccc(C(Br)c2ccc(F)cc2I)cc1. The molecule has 2 rings (SSSR count). The zero-order valence-electron chi connectivity index (χ0n) is 8.63. The zero-order chi connectivity index (χ0) is 12.4. The second kappa shape index (κ2) is 5.44. The van der Waals surface area contributed by atoms with Crippen LogP contribution in [0.2, 0.25) is 0 Å². The normalized spacial score (nSPS) is 12.5. The molecule has 1 atom stereocenters. The van der Waals surface area contributed by atoms with Crippen molar-refractivity contribution in [2.24, 2.45) is 0 Å². The molecule has 0 aliphatic rings. The van der Waals surface area contributed by atoms with Crippen molar-refractivity contribution in [2.75, 3.05) is 0 Å². The van der Waals surface area contributed by atoms with Crippen LogP contribution in [-0.2, 0) is 0 Å². The summed E-state index contributed by atoms with van der Waals surface area (Å²) in [5, 5.41) is 0. The van der Waals surface area contributed by atoms with Crippen molar-refractivity contribution >= 4 is 38.5 Å². The van der Waals surface area contributed by atoms with Crippen LogP contribution in [0.1, 0.15) is 16.0 Å². The molecule has 88 valence electrons. The largest absolute Gasteiger partial charge is 0.207 e. The lowest BCUT2D eigenvalue weighted by Crippen LogP contribution is -1.96. The molecule has 17 heavy (non-hydrogen) atoms. The molecule has 0 saturated heterocycles. The van der Waals surface area contributed by atoms with Gasteiger partial charge in [-0.25, -0.2) is 8.78 Å². The summed E-state index contributed by atoms with van der Waals surface area (Å²) < 4.78 is 26.7. The molecule has 1 unspecified atom stereocenters. The van der Waals surface area contributed by atoms with E-state index in [4.69, 9.17) is 0 Å². The highest BCUT2D eigenvalue weighted by molar-refractivity contribution is 14.1. The monoisotopic (exact) mass is 408 g/mol. The van der Waals surface area contributed by atoms with Crippen molar-refractivity contribution in [3.63, 3.8) is 0 Å². The number of halogens is 4. The molecule has 2 aromatic carbocycles. The fourth-order valence-corrected chi connectivity index (χ4v) is 3.44. The van der Waals surface area contributed by atoms with Gasteiger partial charge >= 0.3 is 0 Å². The Morgan fingerprint density at radius 1 is 0.941 bits per heavy atom. The molecule has 0 saturated carbocycles. The van der Waals surface area contributed by atoms with E-state index in [0.29, 0.717) is 0 Å². The highest BCUT2D eigenvalue weighted by atomic mass is 127. The van der Waals surface area contributed by atoms with Crippen molar-refractivity contribution in [1.29, 1.82) is 0 Å². The van der Waals surface area contributed by atoms with E-state index in [9.17, 15) is 8.78 Å². The van der Waals surface area contributed by atoms with Gasteiger partial charge in [-0.05, 0) is 58.0 Å². The number of benzene rings is 2. The predicted octanol–water partition coefficient (Wildman–Crippen LogP) is 5.05. The van der Waals surface area contributed by atoms with Crippen LogP contribution in [-0.4, -0.2) is 0 Å². The summed E-state index contributed by atoms with van der Waals surface area (Å²) in [6.45, 7) is 0. The van der Waals surface area contributed by atoms with Crippen molar-refractivity contribution in [3.8, 4) is 0 Å². The van der Waals surface area contributed by atoms with E-state index in [1.54, 1.807) is 18.2 Å². The van der Waals surface area contributed by atoms with Gasteiger partial charge in [0.2, 0.25) is 0 Å². The minimum Gasteiger partial charge on any atom is -0.207 e. The maximum atomic E-state index is 13.0. The second-order valence-corrected chi connectivity index (χ2v) is 5.66. The van der Waals surface area contributed by atoms with E-state index in [0.717, 1.165) is 14.7 Å². The highest BCUT2D eigenvalue weighted by Gasteiger charge is 2.13. The Hall–Kier alpha value is -0.490. The summed E-state index contributed by atoms with van der Waals surface area (Å²) in [5.74, 6) is -0.515. The van der Waals surface area contributed by atoms with Gasteiger partial charge in [0, 0.05) is 3.57 Å². The van der Waals surface area contributed by atoms with E-state index < -0.39 is 0 Å². The maximum Gasteiger partial charge on any atom is 0.124 e. The second-order valence-electron chi connectivity index (χ2n) is 3.58. The number of hydrogen-bond acceptors (Lipinski definition) is 0. The van der Waals surface area contributed by atoms with Gasteiger partial charge in [0.05, 0.1) is 4.83 Å². The molecule has 4 heteroatoms. The molecule has 0 aliphatic heterocycles. The highest BCUT2D eigenvalue weighted by Crippen LogP contribution is 2.33. The van der Waals surface area contributed by atoms with E-state index in [-0.39, 0.29) is 16.5 Å². The van der Waals surface area contributed by atoms with Gasteiger partial charge in [-0.3, -0.25) is 0 Å². The topological polar surface area (TPSA) is 0 Å². The predicted molar refractivity (Wildman–Crippen MR) is 76.3 cm³/mol. The average molecular weight is 409 g/mol. The smallest absolute Gasteiger partial charge is 0.124 e. The van der Waals surface area contributed by atoms with Crippen LogP contribution in [0.25, 0.3) is 0 Å². The molecule has 0 aliphatic carbocycles. The molecule has 0 fully saturated rings. The van der Waals surface area contributed by atoms with Crippen molar-refractivity contribution in [2.45, 2.75) is 4.83 Å². The molecule has 0 aromatic heterocycles. The Morgan fingerprint density at radius 3 is 2.12 bits per heavy atom. The summed E-state index contributed by atoms with van der Waals surface area (Å²) >= 11 is 5.63. The lowest BCUT2D eigenvalue weighted by molar-refractivity contribution is 0.626. The summed E-state index contributed by atoms with van der Waals surface area (Å²) in [6.07, 6.45) is 0.